The van der Waals surface area contributed by atoms with E-state index in [4.69, 9.17) is 0 Å². The lowest BCUT2D eigenvalue weighted by molar-refractivity contribution is -0.139. The van der Waals surface area contributed by atoms with E-state index < -0.39 is 12.6 Å². The molecule has 0 radical (unpaired) electrons. The van der Waals surface area contributed by atoms with Crippen LogP contribution in [0.2, 0.25) is 0 Å². The zero-order chi connectivity index (χ0) is 21.1. The van der Waals surface area contributed by atoms with Crippen molar-refractivity contribution in [2.24, 2.45) is 5.92 Å². The molecule has 0 amide bonds. The second-order valence-electron chi connectivity index (χ2n) is 7.85. The summed E-state index contributed by atoms with van der Waals surface area (Å²) in [6, 6.07) is 7.99. The Morgan fingerprint density at radius 2 is 1.90 bits per heavy atom. The molecule has 3 heterocycles. The molecule has 3 aromatic rings. The molecule has 1 aromatic carbocycles. The number of nitrogens with one attached hydrogen (secondary N) is 1. The smallest absolute Gasteiger partial charge is 0.303 e. The van der Waals surface area contributed by atoms with Crippen LogP contribution in [-0.2, 0) is 11.2 Å². The minimum Gasteiger partial charge on any atom is -0.303 e. The second kappa shape index (κ2) is 8.55. The SMILES string of the molecule is O=C(Cc1cc2cc(-c3cn[nH]c3)ccc2cn1)C1CCN(CCC(F)(F)F)CC1. The molecule has 1 aliphatic heterocycles. The number of rotatable bonds is 6. The van der Waals surface area contributed by atoms with Crippen molar-refractivity contribution in [3.05, 3.63) is 48.5 Å². The van der Waals surface area contributed by atoms with Crippen molar-refractivity contribution in [1.29, 1.82) is 0 Å². The van der Waals surface area contributed by atoms with Crippen LogP contribution in [0.1, 0.15) is 25.0 Å². The number of ketones is 1. The number of hydrogen-bond donors (Lipinski definition) is 1. The third-order valence-corrected chi connectivity index (χ3v) is 5.72. The number of benzene rings is 1. The zero-order valence-corrected chi connectivity index (χ0v) is 16.5. The standard InChI is InChI=1S/C22H23F3N4O/c23-22(24,25)5-8-29-6-3-15(4-7-29)21(30)11-20-10-18-9-16(19-13-27-28-14-19)1-2-17(18)12-26-20/h1-2,9-10,12-15H,3-8,11H2,(H,27,28). The van der Waals surface area contributed by atoms with Crippen LogP contribution >= 0.6 is 0 Å². The van der Waals surface area contributed by atoms with Crippen LogP contribution < -0.4 is 0 Å². The van der Waals surface area contributed by atoms with E-state index in [-0.39, 0.29) is 24.7 Å². The number of Topliss-reactive ketones (excluding diaryl/α,β-unsaturated/α-hetero) is 1. The Kier molecular flexibility index (Phi) is 5.85. The summed E-state index contributed by atoms with van der Waals surface area (Å²) in [5.74, 6) is 0.00482. The summed E-state index contributed by atoms with van der Waals surface area (Å²) >= 11 is 0. The average Bonchev–Trinajstić information content (AvgIpc) is 3.26. The maximum Gasteiger partial charge on any atom is 0.390 e. The van der Waals surface area contributed by atoms with Crippen LogP contribution in [0, 0.1) is 5.92 Å². The molecule has 0 spiro atoms. The van der Waals surface area contributed by atoms with Crippen LogP contribution in [0.25, 0.3) is 21.9 Å². The minimum absolute atomic E-state index is 0.00956. The van der Waals surface area contributed by atoms with Crippen molar-refractivity contribution in [1.82, 2.24) is 20.1 Å². The van der Waals surface area contributed by atoms with Crippen molar-refractivity contribution in [2.75, 3.05) is 19.6 Å². The third kappa shape index (κ3) is 5.05. The first-order chi connectivity index (χ1) is 14.4. The lowest BCUT2D eigenvalue weighted by Crippen LogP contribution is -2.38. The van der Waals surface area contributed by atoms with E-state index in [1.54, 1.807) is 17.3 Å². The number of carbonyl (C=O) groups is 1. The molecule has 1 aliphatic rings. The highest BCUT2D eigenvalue weighted by atomic mass is 19.4. The number of halogens is 3. The second-order valence-corrected chi connectivity index (χ2v) is 7.85. The van der Waals surface area contributed by atoms with Crippen molar-refractivity contribution in [3.63, 3.8) is 0 Å². The molecule has 4 rings (SSSR count). The number of piperidine rings is 1. The van der Waals surface area contributed by atoms with Gasteiger partial charge in [-0.2, -0.15) is 18.3 Å². The van der Waals surface area contributed by atoms with Crippen LogP contribution in [0.5, 0.6) is 0 Å². The summed E-state index contributed by atoms with van der Waals surface area (Å²) in [6.45, 7) is 1.08. The topological polar surface area (TPSA) is 61.9 Å². The van der Waals surface area contributed by atoms with Gasteiger partial charge in [-0.1, -0.05) is 12.1 Å². The molecule has 1 fully saturated rings. The number of fused-ring (bicyclic) bond motifs is 1. The van der Waals surface area contributed by atoms with E-state index in [1.165, 1.54) is 0 Å². The summed E-state index contributed by atoms with van der Waals surface area (Å²) < 4.78 is 37.1. The third-order valence-electron chi connectivity index (χ3n) is 5.72. The highest BCUT2D eigenvalue weighted by Crippen LogP contribution is 2.26. The number of likely N-dealkylation sites (tertiary alicyclic amines) is 1. The number of nitrogens with zero attached hydrogens (tertiary/aromatic N) is 3. The highest BCUT2D eigenvalue weighted by molar-refractivity contribution is 5.88. The van der Waals surface area contributed by atoms with Gasteiger partial charge < -0.3 is 4.90 Å². The molecule has 0 bridgehead atoms. The van der Waals surface area contributed by atoms with Gasteiger partial charge in [0.1, 0.15) is 5.78 Å². The molecule has 1 saturated heterocycles. The van der Waals surface area contributed by atoms with Gasteiger partial charge in [0.05, 0.1) is 12.6 Å². The van der Waals surface area contributed by atoms with Gasteiger partial charge in [0.25, 0.3) is 0 Å². The quantitative estimate of drug-likeness (QED) is 0.647. The number of pyridine rings is 1. The number of aromatic nitrogens is 3. The minimum atomic E-state index is -4.13. The van der Waals surface area contributed by atoms with Gasteiger partial charge in [-0.05, 0) is 49.0 Å². The molecule has 0 atom stereocenters. The summed E-state index contributed by atoms with van der Waals surface area (Å²) in [4.78, 5) is 19.0. The molecule has 8 heteroatoms. The van der Waals surface area contributed by atoms with E-state index >= 15 is 0 Å². The van der Waals surface area contributed by atoms with Crippen molar-refractivity contribution < 1.29 is 18.0 Å². The number of alkyl halides is 3. The molecule has 0 saturated carbocycles. The fourth-order valence-electron chi connectivity index (χ4n) is 3.96. The van der Waals surface area contributed by atoms with E-state index in [0.29, 0.717) is 25.9 Å². The summed E-state index contributed by atoms with van der Waals surface area (Å²) in [5, 5.41) is 8.78. The van der Waals surface area contributed by atoms with Crippen LogP contribution in [0.15, 0.2) is 42.9 Å². The Bertz CT molecular complexity index is 1010. The van der Waals surface area contributed by atoms with Crippen molar-refractivity contribution in [3.8, 4) is 11.1 Å². The lowest BCUT2D eigenvalue weighted by Gasteiger charge is -2.31. The molecule has 158 valence electrons. The number of carbonyl (C=O) groups excluding carboxylic acids is 1. The van der Waals surface area contributed by atoms with Crippen molar-refractivity contribution >= 4 is 16.6 Å². The normalized spacial score (nSPS) is 16.2. The highest BCUT2D eigenvalue weighted by Gasteiger charge is 2.30. The van der Waals surface area contributed by atoms with Gasteiger partial charge in [0.15, 0.2) is 0 Å². The molecular weight excluding hydrogens is 393 g/mol. The Morgan fingerprint density at radius 3 is 2.60 bits per heavy atom. The largest absolute Gasteiger partial charge is 0.390 e. The Balaban J connectivity index is 1.37. The summed E-state index contributed by atoms with van der Waals surface area (Å²) in [7, 11) is 0. The average molecular weight is 416 g/mol. The first-order valence-electron chi connectivity index (χ1n) is 10.1. The molecule has 1 N–H and O–H groups in total. The van der Waals surface area contributed by atoms with Crippen LogP contribution in [0.4, 0.5) is 13.2 Å². The van der Waals surface area contributed by atoms with Crippen LogP contribution in [-0.4, -0.2) is 51.7 Å². The van der Waals surface area contributed by atoms with Gasteiger partial charge in [-0.25, -0.2) is 0 Å². The van der Waals surface area contributed by atoms with E-state index in [0.717, 1.165) is 27.6 Å². The van der Waals surface area contributed by atoms with Gasteiger partial charge in [-0.3, -0.25) is 14.9 Å². The number of hydrogen-bond acceptors (Lipinski definition) is 4. The van der Waals surface area contributed by atoms with Gasteiger partial charge in [0.2, 0.25) is 0 Å². The first-order valence-corrected chi connectivity index (χ1v) is 10.1. The fraction of sp³-hybridized carbons (Fsp3) is 0.409. The van der Waals surface area contributed by atoms with Crippen LogP contribution in [0.3, 0.4) is 0 Å². The molecule has 0 aliphatic carbocycles. The molecule has 2 aromatic heterocycles. The number of H-pyrrole nitrogens is 1. The zero-order valence-electron chi connectivity index (χ0n) is 16.5. The summed E-state index contributed by atoms with van der Waals surface area (Å²) in [5.41, 5.74) is 2.74. The predicted molar refractivity (Wildman–Crippen MR) is 108 cm³/mol. The summed E-state index contributed by atoms with van der Waals surface area (Å²) in [6.07, 6.45) is 1.89. The maximum atomic E-state index is 12.7. The lowest BCUT2D eigenvalue weighted by atomic mass is 9.90. The first kappa shape index (κ1) is 20.5. The molecule has 5 nitrogen and oxygen atoms in total. The Morgan fingerprint density at radius 1 is 1.10 bits per heavy atom. The molecule has 30 heavy (non-hydrogen) atoms. The van der Waals surface area contributed by atoms with Gasteiger partial charge in [0, 0.05) is 47.9 Å². The molecular formula is C22H23F3N4O. The Labute approximate surface area is 172 Å². The van der Waals surface area contributed by atoms with Crippen molar-refractivity contribution in [2.45, 2.75) is 31.9 Å². The maximum absolute atomic E-state index is 12.7. The Hall–Kier alpha value is -2.74. The monoisotopic (exact) mass is 416 g/mol. The van der Waals surface area contributed by atoms with Gasteiger partial charge >= 0.3 is 6.18 Å². The van der Waals surface area contributed by atoms with E-state index in [1.807, 2.05) is 24.4 Å². The van der Waals surface area contributed by atoms with Gasteiger partial charge in [-0.15, -0.1) is 0 Å². The predicted octanol–water partition coefficient (Wildman–Crippen LogP) is 4.40. The van der Waals surface area contributed by atoms with E-state index in [2.05, 4.69) is 21.2 Å². The number of aromatic amines is 1. The fourth-order valence-corrected chi connectivity index (χ4v) is 3.96. The molecule has 0 unspecified atom stereocenters. The van der Waals surface area contributed by atoms with E-state index in [9.17, 15) is 18.0 Å².